The van der Waals surface area contributed by atoms with Gasteiger partial charge >= 0.3 is 0 Å². The number of rotatable bonds is 9. The lowest BCUT2D eigenvalue weighted by molar-refractivity contribution is 0.0288. The smallest absolute Gasteiger partial charge is 0.251 e. The standard InChI is InChI=1S/C30H39N3O3.C3H8.C2H6/c1-4-5-6-23(2)22-36-27-10-8-26(9-11-27)33-18-16-32(17-19-33)15-13-29-28-12-7-25(30(34)31-3)21-24(28)14-20-35-29;1-3-2;1-2/h4-12,21,29H,13-20,22H2,1-3H3,(H,31,34);3H2,1-2H3;1-2H3/b5-4-,23-6+;;. The van der Waals surface area contributed by atoms with E-state index in [0.717, 1.165) is 56.9 Å². The van der Waals surface area contributed by atoms with Gasteiger partial charge in [0.05, 0.1) is 12.7 Å². The summed E-state index contributed by atoms with van der Waals surface area (Å²) in [6.45, 7) is 18.8. The summed E-state index contributed by atoms with van der Waals surface area (Å²) in [5, 5.41) is 2.71. The van der Waals surface area contributed by atoms with Crippen LogP contribution in [0.15, 0.2) is 66.3 Å². The van der Waals surface area contributed by atoms with Crippen LogP contribution >= 0.6 is 0 Å². The second kappa shape index (κ2) is 19.1. The largest absolute Gasteiger partial charge is 0.489 e. The number of anilines is 1. The molecule has 226 valence electrons. The maximum absolute atomic E-state index is 12.0. The van der Waals surface area contributed by atoms with Crippen LogP contribution in [-0.4, -0.2) is 63.8 Å². The molecule has 0 spiro atoms. The molecule has 41 heavy (non-hydrogen) atoms. The summed E-state index contributed by atoms with van der Waals surface area (Å²) in [6, 6.07) is 14.5. The van der Waals surface area contributed by atoms with Gasteiger partial charge < -0.3 is 19.7 Å². The van der Waals surface area contributed by atoms with Crippen molar-refractivity contribution >= 4 is 11.6 Å². The first kappa shape index (κ1) is 34.1. The van der Waals surface area contributed by atoms with Crippen LogP contribution in [0.4, 0.5) is 5.69 Å². The Bertz CT molecular complexity index is 1090. The Morgan fingerprint density at radius 2 is 1.76 bits per heavy atom. The fourth-order valence-corrected chi connectivity index (χ4v) is 4.85. The predicted molar refractivity (Wildman–Crippen MR) is 173 cm³/mol. The number of hydrogen-bond acceptors (Lipinski definition) is 5. The molecule has 1 fully saturated rings. The molecule has 1 N–H and O–H groups in total. The molecule has 6 heteroatoms. The fourth-order valence-electron chi connectivity index (χ4n) is 4.85. The van der Waals surface area contributed by atoms with Crippen LogP contribution in [0.1, 0.15) is 82.0 Å². The minimum Gasteiger partial charge on any atom is -0.489 e. The lowest BCUT2D eigenvalue weighted by atomic mass is 9.93. The minimum absolute atomic E-state index is 0.0341. The number of hydrogen-bond donors (Lipinski definition) is 1. The van der Waals surface area contributed by atoms with Crippen LogP contribution in [0.25, 0.3) is 0 Å². The van der Waals surface area contributed by atoms with Crippen molar-refractivity contribution in [3.05, 3.63) is 83.0 Å². The molecule has 1 unspecified atom stereocenters. The maximum atomic E-state index is 12.0. The molecule has 0 bridgehead atoms. The summed E-state index contributed by atoms with van der Waals surface area (Å²) >= 11 is 0. The second-order valence-corrected chi connectivity index (χ2v) is 10.2. The van der Waals surface area contributed by atoms with E-state index in [0.29, 0.717) is 13.2 Å². The van der Waals surface area contributed by atoms with Crippen LogP contribution in [0.3, 0.4) is 0 Å². The molecule has 0 radical (unpaired) electrons. The van der Waals surface area contributed by atoms with Crippen molar-refractivity contribution in [2.45, 2.75) is 66.9 Å². The van der Waals surface area contributed by atoms with Crippen LogP contribution in [0.2, 0.25) is 0 Å². The molecule has 0 aromatic heterocycles. The average molecular weight is 564 g/mol. The molecule has 2 aromatic carbocycles. The molecule has 2 aliphatic heterocycles. The van der Waals surface area contributed by atoms with Gasteiger partial charge in [0.25, 0.3) is 5.91 Å². The molecular weight excluding hydrogens is 510 g/mol. The van der Waals surface area contributed by atoms with Gasteiger partial charge in [0.1, 0.15) is 12.4 Å². The first-order valence-corrected chi connectivity index (χ1v) is 15.4. The number of piperazine rings is 1. The highest BCUT2D eigenvalue weighted by Gasteiger charge is 2.24. The number of nitrogens with one attached hydrogen (secondary N) is 1. The van der Waals surface area contributed by atoms with Crippen molar-refractivity contribution in [2.75, 3.05) is 57.9 Å². The van der Waals surface area contributed by atoms with Gasteiger partial charge in [0.15, 0.2) is 0 Å². The van der Waals surface area contributed by atoms with Crippen molar-refractivity contribution in [1.29, 1.82) is 0 Å². The highest BCUT2D eigenvalue weighted by molar-refractivity contribution is 5.94. The van der Waals surface area contributed by atoms with Crippen molar-refractivity contribution < 1.29 is 14.3 Å². The number of fused-ring (bicyclic) bond motifs is 1. The molecule has 1 atom stereocenters. The predicted octanol–water partition coefficient (Wildman–Crippen LogP) is 7.22. The van der Waals surface area contributed by atoms with Crippen molar-refractivity contribution in [2.24, 2.45) is 0 Å². The van der Waals surface area contributed by atoms with E-state index in [9.17, 15) is 4.79 Å². The normalized spacial score (nSPS) is 17.1. The second-order valence-electron chi connectivity index (χ2n) is 10.2. The van der Waals surface area contributed by atoms with Crippen LogP contribution in [0, 0.1) is 0 Å². The third-order valence-electron chi connectivity index (χ3n) is 6.99. The minimum atomic E-state index is -0.0341. The lowest BCUT2D eigenvalue weighted by Crippen LogP contribution is -2.46. The Balaban J connectivity index is 0.00000110. The Hall–Kier alpha value is -3.09. The first-order chi connectivity index (χ1) is 20.0. The highest BCUT2D eigenvalue weighted by atomic mass is 16.5. The molecule has 1 amide bonds. The summed E-state index contributed by atoms with van der Waals surface area (Å²) in [6.07, 6.45) is 9.33. The third kappa shape index (κ3) is 11.0. The topological polar surface area (TPSA) is 54.0 Å². The summed E-state index contributed by atoms with van der Waals surface area (Å²) in [4.78, 5) is 17.0. The maximum Gasteiger partial charge on any atom is 0.251 e. The van der Waals surface area contributed by atoms with Gasteiger partial charge in [-0.1, -0.05) is 58.4 Å². The quantitative estimate of drug-likeness (QED) is 0.327. The monoisotopic (exact) mass is 563 g/mol. The number of nitrogens with zero attached hydrogens (tertiary/aromatic N) is 2. The van der Waals surface area contributed by atoms with Gasteiger partial charge in [-0.3, -0.25) is 9.69 Å². The van der Waals surface area contributed by atoms with E-state index in [1.165, 1.54) is 28.8 Å². The van der Waals surface area contributed by atoms with Gasteiger partial charge in [0, 0.05) is 51.0 Å². The Labute approximate surface area is 249 Å². The van der Waals surface area contributed by atoms with Gasteiger partial charge in [-0.05, 0) is 79.8 Å². The van der Waals surface area contributed by atoms with E-state index in [-0.39, 0.29) is 12.0 Å². The first-order valence-electron chi connectivity index (χ1n) is 15.4. The van der Waals surface area contributed by atoms with Crippen molar-refractivity contribution in [3.63, 3.8) is 0 Å². The van der Waals surface area contributed by atoms with Crippen LogP contribution in [-0.2, 0) is 11.2 Å². The van der Waals surface area contributed by atoms with Gasteiger partial charge in [0.2, 0.25) is 0 Å². The highest BCUT2D eigenvalue weighted by Crippen LogP contribution is 2.31. The zero-order chi connectivity index (χ0) is 30.0. The summed E-state index contributed by atoms with van der Waals surface area (Å²) in [7, 11) is 1.67. The molecule has 2 heterocycles. The zero-order valence-corrected chi connectivity index (χ0v) is 26.5. The average Bonchev–Trinajstić information content (AvgIpc) is 3.03. The Morgan fingerprint density at radius 3 is 2.39 bits per heavy atom. The molecule has 0 saturated carbocycles. The molecule has 2 aliphatic rings. The number of amides is 1. The van der Waals surface area contributed by atoms with Crippen molar-refractivity contribution in [3.8, 4) is 5.75 Å². The number of carbonyl (C=O) groups is 1. The number of benzene rings is 2. The molecule has 1 saturated heterocycles. The van der Waals surface area contributed by atoms with E-state index < -0.39 is 0 Å². The van der Waals surface area contributed by atoms with Gasteiger partial charge in [-0.15, -0.1) is 0 Å². The molecule has 0 aliphatic carbocycles. The van der Waals surface area contributed by atoms with E-state index in [1.54, 1.807) is 7.05 Å². The molecule has 2 aromatic rings. The molecule has 6 nitrogen and oxygen atoms in total. The van der Waals surface area contributed by atoms with E-state index in [1.807, 2.05) is 45.1 Å². The van der Waals surface area contributed by atoms with E-state index >= 15 is 0 Å². The summed E-state index contributed by atoms with van der Waals surface area (Å²) in [5.74, 6) is 0.869. The molecule has 4 rings (SSSR count). The SMILES string of the molecule is C/C=C\C=C(/C)COc1ccc(N2CCN(CCC3OCCc4cc(C(=O)NC)ccc43)CC2)cc1.CC.CCC. The zero-order valence-electron chi connectivity index (χ0n) is 26.5. The Kier molecular flexibility index (Phi) is 15.9. The van der Waals surface area contributed by atoms with E-state index in [4.69, 9.17) is 9.47 Å². The molecular formula is C35H53N3O3. The van der Waals surface area contributed by atoms with Crippen LogP contribution in [0.5, 0.6) is 5.75 Å². The van der Waals surface area contributed by atoms with Crippen LogP contribution < -0.4 is 15.0 Å². The summed E-state index contributed by atoms with van der Waals surface area (Å²) < 4.78 is 12.0. The lowest BCUT2D eigenvalue weighted by Gasteiger charge is -2.37. The number of allylic oxidation sites excluding steroid dienone is 3. The van der Waals surface area contributed by atoms with Gasteiger partial charge in [-0.25, -0.2) is 0 Å². The number of ether oxygens (including phenoxy) is 2. The van der Waals surface area contributed by atoms with E-state index in [2.05, 4.69) is 72.3 Å². The number of carbonyl (C=O) groups excluding carboxylic acids is 1. The Morgan fingerprint density at radius 1 is 1.07 bits per heavy atom. The van der Waals surface area contributed by atoms with Crippen molar-refractivity contribution in [1.82, 2.24) is 10.2 Å². The fraction of sp³-hybridized carbons (Fsp3) is 0.514. The summed E-state index contributed by atoms with van der Waals surface area (Å²) in [5.41, 5.74) is 5.66. The third-order valence-corrected chi connectivity index (χ3v) is 6.99. The van der Waals surface area contributed by atoms with Gasteiger partial charge in [-0.2, -0.15) is 0 Å².